The molecule has 0 spiro atoms. The summed E-state index contributed by atoms with van der Waals surface area (Å²) in [6.45, 7) is 11.5. The van der Waals surface area contributed by atoms with E-state index in [1.807, 2.05) is 0 Å². The van der Waals surface area contributed by atoms with Crippen LogP contribution < -0.4 is 0 Å². The Morgan fingerprint density at radius 1 is 1.42 bits per heavy atom. The first-order valence-electron chi connectivity index (χ1n) is 5.12. The largest absolute Gasteiger partial charge is 0.299 e. The van der Waals surface area contributed by atoms with Crippen LogP contribution in [0.5, 0.6) is 0 Å². The van der Waals surface area contributed by atoms with Gasteiger partial charge in [-0.3, -0.25) is 4.90 Å². The Labute approximate surface area is 75.4 Å². The van der Waals surface area contributed by atoms with E-state index < -0.39 is 0 Å². The van der Waals surface area contributed by atoms with Gasteiger partial charge in [-0.05, 0) is 31.2 Å². The molecular formula is C11H19N. The van der Waals surface area contributed by atoms with Gasteiger partial charge in [0.05, 0.1) is 0 Å². The van der Waals surface area contributed by atoms with Crippen molar-refractivity contribution in [1.29, 1.82) is 0 Å². The van der Waals surface area contributed by atoms with Crippen LogP contribution in [0.1, 0.15) is 26.7 Å². The van der Waals surface area contributed by atoms with Crippen LogP contribution in [0.2, 0.25) is 0 Å². The first-order valence-corrected chi connectivity index (χ1v) is 5.12. The highest BCUT2D eigenvalue weighted by Crippen LogP contribution is 2.39. The average molecular weight is 165 g/mol. The second-order valence-electron chi connectivity index (χ2n) is 4.57. The van der Waals surface area contributed by atoms with Gasteiger partial charge in [-0.25, -0.2) is 0 Å². The predicted molar refractivity (Wildman–Crippen MR) is 52.1 cm³/mol. The van der Waals surface area contributed by atoms with E-state index >= 15 is 0 Å². The van der Waals surface area contributed by atoms with Gasteiger partial charge >= 0.3 is 0 Å². The summed E-state index contributed by atoms with van der Waals surface area (Å²) in [6.07, 6.45) is 2.61. The van der Waals surface area contributed by atoms with Gasteiger partial charge in [0.1, 0.15) is 0 Å². The van der Waals surface area contributed by atoms with Crippen LogP contribution in [0.3, 0.4) is 0 Å². The Kier molecular flexibility index (Phi) is 1.99. The normalized spacial score (nSPS) is 40.9. The first kappa shape index (κ1) is 8.31. The van der Waals surface area contributed by atoms with Gasteiger partial charge < -0.3 is 0 Å². The van der Waals surface area contributed by atoms with Gasteiger partial charge in [0.2, 0.25) is 0 Å². The molecule has 0 aromatic heterocycles. The number of hydrogen-bond acceptors (Lipinski definition) is 1. The van der Waals surface area contributed by atoms with Crippen molar-refractivity contribution in [2.24, 2.45) is 11.8 Å². The highest BCUT2D eigenvalue weighted by molar-refractivity contribution is 5.13. The molecule has 2 saturated heterocycles. The van der Waals surface area contributed by atoms with E-state index in [0.29, 0.717) is 0 Å². The molecule has 0 aromatic rings. The molecule has 1 heteroatoms. The minimum absolute atomic E-state index is 0.801. The van der Waals surface area contributed by atoms with E-state index in [2.05, 4.69) is 25.3 Å². The molecule has 2 aliphatic heterocycles. The number of nitrogens with zero attached hydrogens (tertiary/aromatic N) is 1. The summed E-state index contributed by atoms with van der Waals surface area (Å²) in [6, 6.07) is 0.811. The quantitative estimate of drug-likeness (QED) is 0.539. The zero-order chi connectivity index (χ0) is 8.72. The molecule has 0 radical (unpaired) electrons. The third-order valence-electron chi connectivity index (χ3n) is 3.49. The van der Waals surface area contributed by atoms with Crippen LogP contribution in [0.25, 0.3) is 0 Å². The van der Waals surface area contributed by atoms with Crippen molar-refractivity contribution >= 4 is 0 Å². The average Bonchev–Trinajstić information content (AvgIpc) is 2.35. The lowest BCUT2D eigenvalue weighted by Gasteiger charge is -2.37. The van der Waals surface area contributed by atoms with E-state index in [9.17, 15) is 0 Å². The van der Waals surface area contributed by atoms with Crippen molar-refractivity contribution in [3.8, 4) is 0 Å². The van der Waals surface area contributed by atoms with E-state index in [4.69, 9.17) is 0 Å². The number of piperidine rings is 1. The van der Waals surface area contributed by atoms with Gasteiger partial charge in [-0.15, -0.1) is 0 Å². The van der Waals surface area contributed by atoms with Crippen molar-refractivity contribution in [3.63, 3.8) is 0 Å². The minimum atomic E-state index is 0.801. The highest BCUT2D eigenvalue weighted by atomic mass is 15.2. The molecule has 68 valence electrons. The van der Waals surface area contributed by atoms with Gasteiger partial charge in [-0.1, -0.05) is 26.0 Å². The zero-order valence-corrected chi connectivity index (χ0v) is 8.21. The number of hydrogen-bond donors (Lipinski definition) is 0. The van der Waals surface area contributed by atoms with Crippen molar-refractivity contribution < 1.29 is 0 Å². The number of rotatable bonds is 1. The van der Waals surface area contributed by atoms with E-state index in [1.165, 1.54) is 31.5 Å². The van der Waals surface area contributed by atoms with Crippen LogP contribution in [0.15, 0.2) is 12.2 Å². The van der Waals surface area contributed by atoms with Gasteiger partial charge in [0, 0.05) is 12.6 Å². The third-order valence-corrected chi connectivity index (χ3v) is 3.49. The predicted octanol–water partition coefficient (Wildman–Crippen LogP) is 2.29. The molecule has 2 heterocycles. The maximum absolute atomic E-state index is 4.20. The van der Waals surface area contributed by atoms with Crippen LogP contribution in [-0.4, -0.2) is 24.0 Å². The Balaban J connectivity index is 2.18. The molecular weight excluding hydrogens is 146 g/mol. The maximum Gasteiger partial charge on any atom is 0.0184 e. The molecule has 2 fully saturated rings. The Morgan fingerprint density at radius 2 is 2.17 bits per heavy atom. The Morgan fingerprint density at radius 3 is 2.75 bits per heavy atom. The minimum Gasteiger partial charge on any atom is -0.299 e. The molecule has 2 aliphatic rings. The zero-order valence-electron chi connectivity index (χ0n) is 8.21. The topological polar surface area (TPSA) is 3.24 Å². The molecule has 0 N–H and O–H groups in total. The summed E-state index contributed by atoms with van der Waals surface area (Å²) in [7, 11) is 0. The molecule has 0 aliphatic carbocycles. The van der Waals surface area contributed by atoms with Crippen LogP contribution in [-0.2, 0) is 0 Å². The molecule has 2 bridgehead atoms. The standard InChI is InChI=1S/C11H19N/c1-8(2)11-10-5-7-12(11)6-4-9(10)3/h8,10-11H,3-7H2,1-2H3/t10-,11-/m0/s1. The summed E-state index contributed by atoms with van der Waals surface area (Å²) in [5, 5.41) is 0. The molecule has 0 saturated carbocycles. The van der Waals surface area contributed by atoms with Gasteiger partial charge in [0.15, 0.2) is 0 Å². The van der Waals surface area contributed by atoms with Crippen molar-refractivity contribution in [2.45, 2.75) is 32.7 Å². The molecule has 3 atom stereocenters. The lowest BCUT2D eigenvalue weighted by molar-refractivity contribution is 0.164. The summed E-state index contributed by atoms with van der Waals surface area (Å²) in [5.41, 5.74) is 1.52. The summed E-state index contributed by atoms with van der Waals surface area (Å²) < 4.78 is 0. The fourth-order valence-corrected chi connectivity index (χ4v) is 2.94. The lowest BCUT2D eigenvalue weighted by atomic mass is 9.82. The molecule has 12 heavy (non-hydrogen) atoms. The van der Waals surface area contributed by atoms with Crippen molar-refractivity contribution in [3.05, 3.63) is 12.2 Å². The Bertz CT molecular complexity index is 195. The second-order valence-corrected chi connectivity index (χ2v) is 4.57. The van der Waals surface area contributed by atoms with E-state index in [-0.39, 0.29) is 0 Å². The monoisotopic (exact) mass is 165 g/mol. The van der Waals surface area contributed by atoms with Gasteiger partial charge in [-0.2, -0.15) is 0 Å². The van der Waals surface area contributed by atoms with Crippen LogP contribution in [0, 0.1) is 11.8 Å². The smallest absolute Gasteiger partial charge is 0.0184 e. The fraction of sp³-hybridized carbons (Fsp3) is 0.818. The van der Waals surface area contributed by atoms with Crippen LogP contribution >= 0.6 is 0 Å². The first-order chi connectivity index (χ1) is 5.70. The van der Waals surface area contributed by atoms with E-state index in [1.54, 1.807) is 0 Å². The lowest BCUT2D eigenvalue weighted by Crippen LogP contribution is -2.41. The Hall–Kier alpha value is -0.300. The summed E-state index contributed by atoms with van der Waals surface area (Å²) >= 11 is 0. The third kappa shape index (κ3) is 1.11. The van der Waals surface area contributed by atoms with E-state index in [0.717, 1.165) is 17.9 Å². The second kappa shape index (κ2) is 2.88. The van der Waals surface area contributed by atoms with Crippen molar-refractivity contribution in [2.75, 3.05) is 13.1 Å². The molecule has 1 unspecified atom stereocenters. The van der Waals surface area contributed by atoms with Gasteiger partial charge in [0.25, 0.3) is 0 Å². The SMILES string of the molecule is C=C1CCN2CC[C@@H]1[C@@H]2C(C)C. The van der Waals surface area contributed by atoms with Crippen LogP contribution in [0.4, 0.5) is 0 Å². The maximum atomic E-state index is 4.20. The fourth-order valence-electron chi connectivity index (χ4n) is 2.94. The highest BCUT2D eigenvalue weighted by Gasteiger charge is 2.40. The molecule has 0 amide bonds. The number of fused-ring (bicyclic) bond motifs is 2. The molecule has 1 nitrogen and oxygen atoms in total. The summed E-state index contributed by atoms with van der Waals surface area (Å²) in [5.74, 6) is 1.62. The molecule has 2 rings (SSSR count). The molecule has 0 aromatic carbocycles. The summed E-state index contributed by atoms with van der Waals surface area (Å²) in [4.78, 5) is 2.66. The van der Waals surface area contributed by atoms with Crippen molar-refractivity contribution in [1.82, 2.24) is 4.90 Å².